The minimum Gasteiger partial charge on any atom is -0.395 e. The lowest BCUT2D eigenvalue weighted by Crippen LogP contribution is -2.34. The Bertz CT molecular complexity index is 135. The van der Waals surface area contributed by atoms with Gasteiger partial charge in [-0.1, -0.05) is 12.8 Å². The van der Waals surface area contributed by atoms with Crippen molar-refractivity contribution in [3.05, 3.63) is 0 Å². The monoisotopic (exact) mass is 201 g/mol. The lowest BCUT2D eigenvalue weighted by molar-refractivity contribution is 0.120. The molecule has 1 aliphatic carbocycles. The van der Waals surface area contributed by atoms with Crippen LogP contribution in [0.25, 0.3) is 0 Å². The Labute approximate surface area is 87.1 Å². The standard InChI is InChI=1S/C11H23NO2/c1-14-9-7-12(6-8-13)10-11-4-2-3-5-11/h11,13H,2-10H2,1H3. The number of nitrogens with zero attached hydrogens (tertiary/aromatic N) is 1. The number of rotatable bonds is 7. The molecule has 0 aromatic rings. The summed E-state index contributed by atoms with van der Waals surface area (Å²) in [5, 5.41) is 8.93. The van der Waals surface area contributed by atoms with E-state index < -0.39 is 0 Å². The van der Waals surface area contributed by atoms with Crippen LogP contribution < -0.4 is 0 Å². The minimum absolute atomic E-state index is 0.260. The first-order valence-electron chi connectivity index (χ1n) is 5.69. The maximum absolute atomic E-state index is 8.93. The van der Waals surface area contributed by atoms with Gasteiger partial charge in [-0.15, -0.1) is 0 Å². The van der Waals surface area contributed by atoms with Gasteiger partial charge >= 0.3 is 0 Å². The number of ether oxygens (including phenoxy) is 1. The third-order valence-electron chi connectivity index (χ3n) is 3.02. The molecular formula is C11H23NO2. The van der Waals surface area contributed by atoms with Gasteiger partial charge in [-0.2, -0.15) is 0 Å². The fourth-order valence-corrected chi connectivity index (χ4v) is 2.21. The van der Waals surface area contributed by atoms with E-state index in [1.54, 1.807) is 7.11 Å². The number of hydrogen-bond acceptors (Lipinski definition) is 3. The predicted molar refractivity (Wildman–Crippen MR) is 57.4 cm³/mol. The van der Waals surface area contributed by atoms with E-state index in [1.165, 1.54) is 25.7 Å². The first kappa shape index (κ1) is 12.0. The van der Waals surface area contributed by atoms with Crippen molar-refractivity contribution in [2.24, 2.45) is 5.92 Å². The average Bonchev–Trinajstić information content (AvgIpc) is 2.67. The summed E-state index contributed by atoms with van der Waals surface area (Å²) in [6.45, 7) is 3.92. The maximum Gasteiger partial charge on any atom is 0.0589 e. The molecule has 84 valence electrons. The summed E-state index contributed by atoms with van der Waals surface area (Å²) in [6, 6.07) is 0. The smallest absolute Gasteiger partial charge is 0.0589 e. The van der Waals surface area contributed by atoms with Gasteiger partial charge in [-0.05, 0) is 18.8 Å². The Morgan fingerprint density at radius 1 is 1.29 bits per heavy atom. The molecule has 0 aromatic carbocycles. The van der Waals surface area contributed by atoms with Crippen molar-refractivity contribution < 1.29 is 9.84 Å². The maximum atomic E-state index is 8.93. The Hall–Kier alpha value is -0.120. The summed E-state index contributed by atoms with van der Waals surface area (Å²) in [6.07, 6.45) is 5.52. The van der Waals surface area contributed by atoms with Crippen molar-refractivity contribution in [3.8, 4) is 0 Å². The van der Waals surface area contributed by atoms with Crippen molar-refractivity contribution in [2.75, 3.05) is 40.0 Å². The summed E-state index contributed by atoms with van der Waals surface area (Å²) >= 11 is 0. The molecule has 0 atom stereocenters. The van der Waals surface area contributed by atoms with Gasteiger partial charge in [0, 0.05) is 26.7 Å². The van der Waals surface area contributed by atoms with Crippen LogP contribution in [0, 0.1) is 5.92 Å². The lowest BCUT2D eigenvalue weighted by atomic mass is 10.1. The van der Waals surface area contributed by atoms with Crippen LogP contribution in [-0.4, -0.2) is 50.0 Å². The molecule has 0 heterocycles. The number of aliphatic hydroxyl groups excluding tert-OH is 1. The van der Waals surface area contributed by atoms with Gasteiger partial charge in [0.15, 0.2) is 0 Å². The van der Waals surface area contributed by atoms with E-state index in [0.717, 1.165) is 32.2 Å². The van der Waals surface area contributed by atoms with Gasteiger partial charge in [0.2, 0.25) is 0 Å². The molecule has 3 nitrogen and oxygen atoms in total. The SMILES string of the molecule is COCCN(CCO)CC1CCCC1. The fraction of sp³-hybridized carbons (Fsp3) is 1.00. The Balaban J connectivity index is 2.18. The number of methoxy groups -OCH3 is 1. The molecule has 1 fully saturated rings. The van der Waals surface area contributed by atoms with Gasteiger partial charge in [0.05, 0.1) is 13.2 Å². The molecule has 0 bridgehead atoms. The molecule has 3 heteroatoms. The number of aliphatic hydroxyl groups is 1. The van der Waals surface area contributed by atoms with Crippen LogP contribution in [0.2, 0.25) is 0 Å². The van der Waals surface area contributed by atoms with Crippen LogP contribution in [0.3, 0.4) is 0 Å². The second kappa shape index (κ2) is 7.21. The lowest BCUT2D eigenvalue weighted by Gasteiger charge is -2.24. The number of hydrogen-bond donors (Lipinski definition) is 1. The highest BCUT2D eigenvalue weighted by molar-refractivity contribution is 4.71. The molecule has 0 aliphatic heterocycles. The molecule has 0 amide bonds. The molecule has 0 aromatic heterocycles. The zero-order chi connectivity index (χ0) is 10.2. The highest BCUT2D eigenvalue weighted by Crippen LogP contribution is 2.25. The summed E-state index contributed by atoms with van der Waals surface area (Å²) in [5.74, 6) is 0.860. The third kappa shape index (κ3) is 4.40. The van der Waals surface area contributed by atoms with E-state index in [1.807, 2.05) is 0 Å². The molecule has 0 spiro atoms. The van der Waals surface area contributed by atoms with Crippen LogP contribution in [0.4, 0.5) is 0 Å². The van der Waals surface area contributed by atoms with E-state index in [0.29, 0.717) is 0 Å². The fourth-order valence-electron chi connectivity index (χ4n) is 2.21. The van der Waals surface area contributed by atoms with E-state index in [-0.39, 0.29) is 6.61 Å². The summed E-state index contributed by atoms with van der Waals surface area (Å²) in [7, 11) is 1.73. The predicted octanol–water partition coefficient (Wildman–Crippen LogP) is 1.12. The van der Waals surface area contributed by atoms with Crippen LogP contribution in [0.15, 0.2) is 0 Å². The Morgan fingerprint density at radius 2 is 2.00 bits per heavy atom. The summed E-state index contributed by atoms with van der Waals surface area (Å²) < 4.78 is 5.06. The largest absolute Gasteiger partial charge is 0.395 e. The minimum atomic E-state index is 0.260. The van der Waals surface area contributed by atoms with Crippen molar-refractivity contribution in [1.29, 1.82) is 0 Å². The first-order valence-corrected chi connectivity index (χ1v) is 5.69. The van der Waals surface area contributed by atoms with Gasteiger partial charge in [-0.25, -0.2) is 0 Å². The van der Waals surface area contributed by atoms with E-state index >= 15 is 0 Å². The van der Waals surface area contributed by atoms with Crippen LogP contribution in [0.1, 0.15) is 25.7 Å². The van der Waals surface area contributed by atoms with Crippen molar-refractivity contribution in [2.45, 2.75) is 25.7 Å². The van der Waals surface area contributed by atoms with Crippen molar-refractivity contribution >= 4 is 0 Å². The van der Waals surface area contributed by atoms with Gasteiger partial charge in [0.1, 0.15) is 0 Å². The first-order chi connectivity index (χ1) is 6.86. The zero-order valence-corrected chi connectivity index (χ0v) is 9.24. The molecule has 14 heavy (non-hydrogen) atoms. The second-order valence-corrected chi connectivity index (χ2v) is 4.17. The van der Waals surface area contributed by atoms with Gasteiger partial charge < -0.3 is 9.84 Å². The Morgan fingerprint density at radius 3 is 2.57 bits per heavy atom. The quantitative estimate of drug-likeness (QED) is 0.670. The highest BCUT2D eigenvalue weighted by atomic mass is 16.5. The van der Waals surface area contributed by atoms with Crippen LogP contribution >= 0.6 is 0 Å². The molecule has 0 saturated heterocycles. The molecular weight excluding hydrogens is 178 g/mol. The average molecular weight is 201 g/mol. The summed E-state index contributed by atoms with van der Waals surface area (Å²) in [4.78, 5) is 2.32. The third-order valence-corrected chi connectivity index (χ3v) is 3.02. The topological polar surface area (TPSA) is 32.7 Å². The van der Waals surface area contributed by atoms with Crippen LogP contribution in [-0.2, 0) is 4.74 Å². The van der Waals surface area contributed by atoms with E-state index in [4.69, 9.17) is 9.84 Å². The highest BCUT2D eigenvalue weighted by Gasteiger charge is 2.17. The normalized spacial score (nSPS) is 18.2. The molecule has 0 radical (unpaired) electrons. The van der Waals surface area contributed by atoms with Crippen LogP contribution in [0.5, 0.6) is 0 Å². The van der Waals surface area contributed by atoms with Crippen molar-refractivity contribution in [1.82, 2.24) is 4.90 Å². The molecule has 1 saturated carbocycles. The van der Waals surface area contributed by atoms with Crippen molar-refractivity contribution in [3.63, 3.8) is 0 Å². The molecule has 1 N–H and O–H groups in total. The molecule has 1 rings (SSSR count). The van der Waals surface area contributed by atoms with E-state index in [9.17, 15) is 0 Å². The van der Waals surface area contributed by atoms with E-state index in [2.05, 4.69) is 4.90 Å². The molecule has 0 unspecified atom stereocenters. The second-order valence-electron chi connectivity index (χ2n) is 4.17. The zero-order valence-electron chi connectivity index (χ0n) is 9.24. The molecule has 1 aliphatic rings. The van der Waals surface area contributed by atoms with Gasteiger partial charge in [0.25, 0.3) is 0 Å². The Kier molecular flexibility index (Phi) is 6.15. The van der Waals surface area contributed by atoms with Gasteiger partial charge in [-0.3, -0.25) is 4.90 Å². The summed E-state index contributed by atoms with van der Waals surface area (Å²) in [5.41, 5.74) is 0.